The molecule has 2 heteroatoms. The fourth-order valence-corrected chi connectivity index (χ4v) is 4.93. The molecule has 0 spiro atoms. The molecule has 100 valence electrons. The average Bonchev–Trinajstić information content (AvgIpc) is 2.79. The van der Waals surface area contributed by atoms with Gasteiger partial charge in [-0.1, -0.05) is 39.5 Å². The van der Waals surface area contributed by atoms with Crippen LogP contribution in [-0.4, -0.2) is 23.1 Å². The zero-order valence-corrected chi connectivity index (χ0v) is 12.4. The smallest absolute Gasteiger partial charge is 0.0147 e. The minimum atomic E-state index is 0.797. The van der Waals surface area contributed by atoms with Crippen LogP contribution < -0.4 is 5.32 Å². The van der Waals surface area contributed by atoms with Gasteiger partial charge in [-0.2, -0.15) is 11.8 Å². The van der Waals surface area contributed by atoms with Crippen molar-refractivity contribution in [3.05, 3.63) is 0 Å². The van der Waals surface area contributed by atoms with Gasteiger partial charge in [-0.3, -0.25) is 0 Å². The van der Waals surface area contributed by atoms with E-state index in [1.807, 2.05) is 0 Å². The standard InChI is InChI=1S/C15H29NS/c1-12-6-5-9-15(10-12)17-13(2)11-16-14-7-3-4-8-14/h12-16H,3-11H2,1-2H3. The summed E-state index contributed by atoms with van der Waals surface area (Å²) in [4.78, 5) is 0. The topological polar surface area (TPSA) is 12.0 Å². The average molecular weight is 255 g/mol. The Kier molecular flexibility index (Phi) is 5.68. The maximum Gasteiger partial charge on any atom is 0.0147 e. The highest BCUT2D eigenvalue weighted by Gasteiger charge is 2.22. The van der Waals surface area contributed by atoms with Gasteiger partial charge in [0.1, 0.15) is 0 Å². The summed E-state index contributed by atoms with van der Waals surface area (Å²) in [5, 5.41) is 5.50. The summed E-state index contributed by atoms with van der Waals surface area (Å²) in [7, 11) is 0. The first kappa shape index (κ1) is 13.7. The molecule has 0 aliphatic heterocycles. The summed E-state index contributed by atoms with van der Waals surface area (Å²) in [6, 6.07) is 0.836. The van der Waals surface area contributed by atoms with Gasteiger partial charge in [-0.25, -0.2) is 0 Å². The summed E-state index contributed by atoms with van der Waals surface area (Å²) in [6.07, 6.45) is 11.6. The third-order valence-electron chi connectivity index (χ3n) is 4.36. The molecule has 0 aromatic carbocycles. The summed E-state index contributed by atoms with van der Waals surface area (Å²) < 4.78 is 0. The molecular formula is C15H29NS. The maximum atomic E-state index is 3.76. The molecule has 0 radical (unpaired) electrons. The second-order valence-electron chi connectivity index (χ2n) is 6.23. The molecule has 2 fully saturated rings. The molecule has 0 aromatic rings. The molecule has 0 aromatic heterocycles. The minimum Gasteiger partial charge on any atom is -0.313 e. The van der Waals surface area contributed by atoms with Crippen molar-refractivity contribution in [2.75, 3.05) is 6.54 Å². The Morgan fingerprint density at radius 1 is 1.12 bits per heavy atom. The van der Waals surface area contributed by atoms with E-state index in [9.17, 15) is 0 Å². The van der Waals surface area contributed by atoms with Gasteiger partial charge < -0.3 is 5.32 Å². The molecule has 3 unspecified atom stereocenters. The molecule has 2 aliphatic rings. The molecular weight excluding hydrogens is 226 g/mol. The number of rotatable bonds is 5. The molecule has 17 heavy (non-hydrogen) atoms. The molecule has 3 atom stereocenters. The van der Waals surface area contributed by atoms with E-state index in [4.69, 9.17) is 0 Å². The predicted molar refractivity (Wildman–Crippen MR) is 78.7 cm³/mol. The fraction of sp³-hybridized carbons (Fsp3) is 1.00. The van der Waals surface area contributed by atoms with E-state index in [1.54, 1.807) is 0 Å². The van der Waals surface area contributed by atoms with Crippen LogP contribution in [0.15, 0.2) is 0 Å². The lowest BCUT2D eigenvalue weighted by molar-refractivity contribution is 0.393. The Bertz CT molecular complexity index is 213. The number of hydrogen-bond acceptors (Lipinski definition) is 2. The van der Waals surface area contributed by atoms with Crippen LogP contribution >= 0.6 is 11.8 Å². The minimum absolute atomic E-state index is 0.797. The van der Waals surface area contributed by atoms with Gasteiger partial charge in [0.25, 0.3) is 0 Å². The zero-order chi connectivity index (χ0) is 12.1. The van der Waals surface area contributed by atoms with Crippen LogP contribution in [0.2, 0.25) is 0 Å². The van der Waals surface area contributed by atoms with Crippen LogP contribution in [0.4, 0.5) is 0 Å². The molecule has 0 saturated heterocycles. The summed E-state index contributed by atoms with van der Waals surface area (Å²) in [5.74, 6) is 0.969. The molecule has 2 saturated carbocycles. The summed E-state index contributed by atoms with van der Waals surface area (Å²) in [5.41, 5.74) is 0. The molecule has 0 amide bonds. The van der Waals surface area contributed by atoms with E-state index in [0.717, 1.165) is 22.5 Å². The van der Waals surface area contributed by atoms with Crippen LogP contribution in [0.3, 0.4) is 0 Å². The van der Waals surface area contributed by atoms with Gasteiger partial charge in [0.05, 0.1) is 0 Å². The lowest BCUT2D eigenvalue weighted by Gasteiger charge is -2.29. The first-order chi connectivity index (χ1) is 8.24. The SMILES string of the molecule is CC1CCCC(SC(C)CNC2CCCC2)C1. The summed E-state index contributed by atoms with van der Waals surface area (Å²) in [6.45, 7) is 6.06. The first-order valence-electron chi connectivity index (χ1n) is 7.63. The molecule has 0 bridgehead atoms. The van der Waals surface area contributed by atoms with Crippen LogP contribution in [0, 0.1) is 5.92 Å². The van der Waals surface area contributed by atoms with Gasteiger partial charge in [-0.05, 0) is 31.6 Å². The van der Waals surface area contributed by atoms with Crippen LogP contribution in [0.5, 0.6) is 0 Å². The van der Waals surface area contributed by atoms with E-state index in [0.29, 0.717) is 0 Å². The van der Waals surface area contributed by atoms with Crippen molar-refractivity contribution >= 4 is 11.8 Å². The van der Waals surface area contributed by atoms with Gasteiger partial charge in [0.15, 0.2) is 0 Å². The summed E-state index contributed by atoms with van der Waals surface area (Å²) >= 11 is 2.25. The predicted octanol–water partition coefficient (Wildman–Crippen LogP) is 4.22. The fourth-order valence-electron chi connectivity index (χ4n) is 3.34. The quantitative estimate of drug-likeness (QED) is 0.789. The lowest BCUT2D eigenvalue weighted by atomic mass is 9.91. The van der Waals surface area contributed by atoms with E-state index < -0.39 is 0 Å². The highest BCUT2D eigenvalue weighted by Crippen LogP contribution is 2.34. The van der Waals surface area contributed by atoms with Crippen molar-refractivity contribution in [2.45, 2.75) is 81.8 Å². The van der Waals surface area contributed by atoms with Crippen LogP contribution in [0.25, 0.3) is 0 Å². The van der Waals surface area contributed by atoms with Gasteiger partial charge in [0.2, 0.25) is 0 Å². The van der Waals surface area contributed by atoms with Crippen molar-refractivity contribution in [3.63, 3.8) is 0 Å². The van der Waals surface area contributed by atoms with E-state index in [1.165, 1.54) is 57.9 Å². The number of thioether (sulfide) groups is 1. The maximum absolute atomic E-state index is 3.76. The Morgan fingerprint density at radius 2 is 1.88 bits per heavy atom. The van der Waals surface area contributed by atoms with Crippen molar-refractivity contribution in [3.8, 4) is 0 Å². The normalized spacial score (nSPS) is 32.8. The van der Waals surface area contributed by atoms with Gasteiger partial charge in [-0.15, -0.1) is 0 Å². The van der Waals surface area contributed by atoms with Crippen LogP contribution in [0.1, 0.15) is 65.2 Å². The third-order valence-corrected chi connectivity index (χ3v) is 5.81. The van der Waals surface area contributed by atoms with Gasteiger partial charge in [0, 0.05) is 23.1 Å². The van der Waals surface area contributed by atoms with E-state index >= 15 is 0 Å². The number of hydrogen-bond donors (Lipinski definition) is 1. The van der Waals surface area contributed by atoms with Crippen molar-refractivity contribution in [1.82, 2.24) is 5.32 Å². The molecule has 1 N–H and O–H groups in total. The second-order valence-corrected chi connectivity index (χ2v) is 7.97. The first-order valence-corrected chi connectivity index (χ1v) is 8.57. The molecule has 1 nitrogen and oxygen atoms in total. The van der Waals surface area contributed by atoms with E-state index in [-0.39, 0.29) is 0 Å². The van der Waals surface area contributed by atoms with Gasteiger partial charge >= 0.3 is 0 Å². The highest BCUT2D eigenvalue weighted by atomic mass is 32.2. The van der Waals surface area contributed by atoms with Crippen LogP contribution in [-0.2, 0) is 0 Å². The van der Waals surface area contributed by atoms with Crippen molar-refractivity contribution < 1.29 is 0 Å². The second kappa shape index (κ2) is 7.04. The Labute approximate surface area is 112 Å². The Balaban J connectivity index is 1.60. The van der Waals surface area contributed by atoms with Crippen molar-refractivity contribution in [2.24, 2.45) is 5.92 Å². The molecule has 2 aliphatic carbocycles. The van der Waals surface area contributed by atoms with E-state index in [2.05, 4.69) is 30.9 Å². The number of nitrogens with one attached hydrogen (secondary N) is 1. The largest absolute Gasteiger partial charge is 0.313 e. The Morgan fingerprint density at radius 3 is 2.59 bits per heavy atom. The van der Waals surface area contributed by atoms with Crippen molar-refractivity contribution in [1.29, 1.82) is 0 Å². The zero-order valence-electron chi connectivity index (χ0n) is 11.6. The third kappa shape index (κ3) is 4.82. The molecule has 2 rings (SSSR count). The monoisotopic (exact) mass is 255 g/mol. The molecule has 0 heterocycles. The lowest BCUT2D eigenvalue weighted by Crippen LogP contribution is -2.32. The highest BCUT2D eigenvalue weighted by molar-refractivity contribution is 8.00. The Hall–Kier alpha value is 0.310.